The van der Waals surface area contributed by atoms with Crippen LogP contribution in [0, 0.1) is 5.92 Å². The number of ether oxygens (including phenoxy) is 2. The maximum absolute atomic E-state index is 12.8. The van der Waals surface area contributed by atoms with E-state index in [0.29, 0.717) is 38.0 Å². The summed E-state index contributed by atoms with van der Waals surface area (Å²) in [5.41, 5.74) is 7.62. The van der Waals surface area contributed by atoms with Crippen molar-refractivity contribution < 1.29 is 14.3 Å². The van der Waals surface area contributed by atoms with Crippen molar-refractivity contribution in [3.05, 3.63) is 35.8 Å². The smallest absolute Gasteiger partial charge is 0.239 e. The summed E-state index contributed by atoms with van der Waals surface area (Å²) in [6.45, 7) is 5.48. The van der Waals surface area contributed by atoms with Crippen LogP contribution in [0.1, 0.15) is 18.4 Å². The predicted molar refractivity (Wildman–Crippen MR) is 120 cm³/mol. The Morgan fingerprint density at radius 2 is 2.12 bits per heavy atom. The van der Waals surface area contributed by atoms with Crippen molar-refractivity contribution in [2.75, 3.05) is 58.3 Å². The zero-order valence-electron chi connectivity index (χ0n) is 18.2. The fourth-order valence-electron chi connectivity index (χ4n) is 4.75. The molecule has 0 saturated carbocycles. The van der Waals surface area contributed by atoms with Crippen molar-refractivity contribution in [1.82, 2.24) is 25.4 Å². The highest BCUT2D eigenvalue weighted by Crippen LogP contribution is 2.29. The van der Waals surface area contributed by atoms with E-state index in [9.17, 15) is 4.79 Å². The number of fused-ring (bicyclic) bond motifs is 3. The number of carbonyl (C=O) groups excluding carboxylic acids is 1. The lowest BCUT2D eigenvalue weighted by molar-refractivity contribution is -0.123. The molecule has 1 amide bonds. The Labute approximate surface area is 187 Å². The van der Waals surface area contributed by atoms with Crippen LogP contribution in [0.5, 0.6) is 0 Å². The van der Waals surface area contributed by atoms with Gasteiger partial charge in [0.25, 0.3) is 0 Å². The van der Waals surface area contributed by atoms with Gasteiger partial charge in [0, 0.05) is 50.8 Å². The lowest BCUT2D eigenvalue weighted by Crippen LogP contribution is -2.63. The first-order valence-corrected chi connectivity index (χ1v) is 11.4. The summed E-state index contributed by atoms with van der Waals surface area (Å²) in [6, 6.07) is 3.88. The first-order chi connectivity index (χ1) is 15.7. The minimum Gasteiger partial charge on any atom is -0.384 e. The number of hydrogen-bond donors (Lipinski definition) is 3. The fraction of sp³-hybridized carbons (Fsp3) is 0.591. The molecule has 1 unspecified atom stereocenters. The number of hydrogen-bond acceptors (Lipinski definition) is 9. The van der Waals surface area contributed by atoms with E-state index in [0.717, 1.165) is 56.2 Å². The molecule has 5 rings (SSSR count). The van der Waals surface area contributed by atoms with E-state index in [1.165, 1.54) is 0 Å². The fourth-order valence-corrected chi connectivity index (χ4v) is 4.75. The van der Waals surface area contributed by atoms with Gasteiger partial charge in [0.1, 0.15) is 17.8 Å². The Morgan fingerprint density at radius 3 is 2.94 bits per heavy atom. The molecule has 0 aliphatic carbocycles. The average Bonchev–Trinajstić information content (AvgIpc) is 2.84. The van der Waals surface area contributed by atoms with Crippen LogP contribution in [0.15, 0.2) is 35.2 Å². The highest BCUT2D eigenvalue weighted by atomic mass is 16.5. The zero-order valence-corrected chi connectivity index (χ0v) is 18.2. The number of amides is 1. The van der Waals surface area contributed by atoms with Crippen LogP contribution in [-0.2, 0) is 14.3 Å². The zero-order chi connectivity index (χ0) is 21.9. The molecule has 0 radical (unpaired) electrons. The number of nitrogen functional groups attached to an aromatic ring is 1. The molecule has 10 heteroatoms. The SMILES string of the molecule is Nc1ccc(C2=N[C@H]3C(=CN2)N(CC(=O)NCC2CCOCC2)CC2COCCN23)cn1. The third kappa shape index (κ3) is 4.57. The monoisotopic (exact) mass is 441 g/mol. The van der Waals surface area contributed by atoms with Crippen LogP contribution in [0.25, 0.3) is 0 Å². The van der Waals surface area contributed by atoms with Gasteiger partial charge >= 0.3 is 0 Å². The van der Waals surface area contributed by atoms with Crippen molar-refractivity contribution >= 4 is 17.6 Å². The van der Waals surface area contributed by atoms with Gasteiger partial charge in [-0.2, -0.15) is 0 Å². The van der Waals surface area contributed by atoms with Crippen molar-refractivity contribution in [1.29, 1.82) is 0 Å². The molecule has 4 N–H and O–H groups in total. The van der Waals surface area contributed by atoms with E-state index >= 15 is 0 Å². The topological polar surface area (TPSA) is 117 Å². The second kappa shape index (κ2) is 9.43. The number of nitrogens with one attached hydrogen (secondary N) is 2. The number of aromatic nitrogens is 1. The number of nitrogens with two attached hydrogens (primary N) is 1. The maximum atomic E-state index is 12.8. The third-order valence-electron chi connectivity index (χ3n) is 6.58. The van der Waals surface area contributed by atoms with Gasteiger partial charge in [-0.15, -0.1) is 0 Å². The van der Waals surface area contributed by atoms with E-state index in [1.807, 2.05) is 12.3 Å². The van der Waals surface area contributed by atoms with E-state index < -0.39 is 0 Å². The first kappa shape index (κ1) is 21.2. The summed E-state index contributed by atoms with van der Waals surface area (Å²) in [5.74, 6) is 1.77. The Hall–Kier alpha value is -2.69. The second-order valence-electron chi connectivity index (χ2n) is 8.74. The number of pyridine rings is 1. The standard InChI is InChI=1S/C22H31N7O3/c23-19-2-1-16(10-24-19)21-26-11-18-22(27-21)29-5-8-32-14-17(29)12-28(18)13-20(30)25-9-15-3-6-31-7-4-15/h1-2,10-11,15,17,22H,3-9,12-14H2,(H2,23,24)(H,25,30)(H,26,27)/t17?,22-/m1/s1. The Balaban J connectivity index is 1.29. The summed E-state index contributed by atoms with van der Waals surface area (Å²) in [6.07, 6.45) is 5.55. The highest BCUT2D eigenvalue weighted by molar-refractivity contribution is 6.00. The molecule has 1 aromatic heterocycles. The van der Waals surface area contributed by atoms with Gasteiger partial charge in [0.15, 0.2) is 0 Å². The molecule has 0 bridgehead atoms. The van der Waals surface area contributed by atoms with Gasteiger partial charge in [0.05, 0.1) is 31.5 Å². The number of anilines is 1. The summed E-state index contributed by atoms with van der Waals surface area (Å²) < 4.78 is 11.1. The molecule has 10 nitrogen and oxygen atoms in total. The van der Waals surface area contributed by atoms with Gasteiger partial charge in [-0.1, -0.05) is 0 Å². The average molecular weight is 442 g/mol. The van der Waals surface area contributed by atoms with Crippen LogP contribution in [0.3, 0.4) is 0 Å². The van der Waals surface area contributed by atoms with Gasteiger partial charge in [-0.25, -0.2) is 9.98 Å². The van der Waals surface area contributed by atoms with Crippen molar-refractivity contribution in [3.8, 4) is 0 Å². The summed E-state index contributed by atoms with van der Waals surface area (Å²) in [7, 11) is 0. The number of nitrogens with zero attached hydrogens (tertiary/aromatic N) is 4. The number of morpholine rings is 1. The Morgan fingerprint density at radius 1 is 1.25 bits per heavy atom. The van der Waals surface area contributed by atoms with Gasteiger partial charge < -0.3 is 30.7 Å². The van der Waals surface area contributed by atoms with Crippen LogP contribution in [-0.4, -0.2) is 91.3 Å². The Kier molecular flexibility index (Phi) is 6.24. The highest BCUT2D eigenvalue weighted by Gasteiger charge is 2.41. The molecule has 172 valence electrons. The molecule has 4 aliphatic rings. The van der Waals surface area contributed by atoms with E-state index in [4.69, 9.17) is 20.2 Å². The molecule has 32 heavy (non-hydrogen) atoms. The lowest BCUT2D eigenvalue weighted by Gasteiger charge is -2.50. The molecule has 3 saturated heterocycles. The number of aliphatic imine (C=N–C) groups is 1. The van der Waals surface area contributed by atoms with Gasteiger partial charge in [-0.05, 0) is 30.9 Å². The first-order valence-electron chi connectivity index (χ1n) is 11.4. The maximum Gasteiger partial charge on any atom is 0.239 e. The molecule has 3 fully saturated rings. The predicted octanol–water partition coefficient (Wildman–Crippen LogP) is -0.260. The third-order valence-corrected chi connectivity index (χ3v) is 6.58. The molecular weight excluding hydrogens is 410 g/mol. The van der Waals surface area contributed by atoms with Crippen LogP contribution >= 0.6 is 0 Å². The minimum absolute atomic E-state index is 0.0406. The summed E-state index contributed by atoms with van der Waals surface area (Å²) >= 11 is 0. The van der Waals surface area contributed by atoms with Crippen molar-refractivity contribution in [3.63, 3.8) is 0 Å². The molecule has 5 heterocycles. The molecule has 1 aromatic rings. The molecule has 4 aliphatic heterocycles. The molecule has 0 aromatic carbocycles. The largest absolute Gasteiger partial charge is 0.384 e. The summed E-state index contributed by atoms with van der Waals surface area (Å²) in [4.78, 5) is 26.5. The van der Waals surface area contributed by atoms with Crippen molar-refractivity contribution in [2.45, 2.75) is 25.0 Å². The van der Waals surface area contributed by atoms with Crippen LogP contribution in [0.2, 0.25) is 0 Å². The second-order valence-corrected chi connectivity index (χ2v) is 8.74. The number of amidine groups is 1. The molecular formula is C22H31N7O3. The number of piperazine rings is 1. The number of rotatable bonds is 5. The number of carbonyl (C=O) groups is 1. The minimum atomic E-state index is -0.158. The lowest BCUT2D eigenvalue weighted by atomic mass is 10.0. The van der Waals surface area contributed by atoms with E-state index in [1.54, 1.807) is 12.3 Å². The van der Waals surface area contributed by atoms with Crippen LogP contribution < -0.4 is 16.4 Å². The normalized spacial score (nSPS) is 26.3. The van der Waals surface area contributed by atoms with Crippen LogP contribution in [0.4, 0.5) is 5.82 Å². The van der Waals surface area contributed by atoms with E-state index in [2.05, 4.69) is 25.4 Å². The van der Waals surface area contributed by atoms with Gasteiger partial charge in [0.2, 0.25) is 5.91 Å². The van der Waals surface area contributed by atoms with Crippen molar-refractivity contribution in [2.24, 2.45) is 10.9 Å². The Bertz CT molecular complexity index is 882. The van der Waals surface area contributed by atoms with Gasteiger partial charge in [-0.3, -0.25) is 9.69 Å². The quantitative estimate of drug-likeness (QED) is 0.572. The van der Waals surface area contributed by atoms with E-state index in [-0.39, 0.29) is 18.1 Å². The summed E-state index contributed by atoms with van der Waals surface area (Å²) in [5, 5.41) is 6.42. The molecule has 0 spiro atoms. The molecule has 2 atom stereocenters.